The molecule has 2 aromatic rings. The first-order valence-electron chi connectivity index (χ1n) is 5.93. The van der Waals surface area contributed by atoms with Crippen molar-refractivity contribution in [2.24, 2.45) is 0 Å². The van der Waals surface area contributed by atoms with Crippen molar-refractivity contribution >= 4 is 10.1 Å². The minimum absolute atomic E-state index is 0.120. The molecule has 2 rings (SSSR count). The van der Waals surface area contributed by atoms with Crippen LogP contribution >= 0.6 is 0 Å². The molecule has 0 atom stereocenters. The molecule has 0 aliphatic carbocycles. The van der Waals surface area contributed by atoms with Crippen LogP contribution in [-0.2, 0) is 20.8 Å². The van der Waals surface area contributed by atoms with Gasteiger partial charge in [0, 0.05) is 17.8 Å². The zero-order valence-electron chi connectivity index (χ0n) is 11.2. The zero-order chi connectivity index (χ0) is 14.6. The van der Waals surface area contributed by atoms with Crippen LogP contribution in [0, 0.1) is 6.92 Å². The molecular weight excluding hydrogens is 280 g/mol. The first kappa shape index (κ1) is 14.5. The largest absolute Gasteiger partial charge is 0.273 e. The van der Waals surface area contributed by atoms with E-state index in [-0.39, 0.29) is 12.3 Å². The Labute approximate surface area is 117 Å². The Morgan fingerprint density at radius 3 is 2.60 bits per heavy atom. The maximum absolute atomic E-state index is 11.2. The van der Waals surface area contributed by atoms with Gasteiger partial charge in [0.1, 0.15) is 11.9 Å². The summed E-state index contributed by atoms with van der Waals surface area (Å²) in [7, 11) is -2.32. The quantitative estimate of drug-likeness (QED) is 0.575. The predicted molar refractivity (Wildman–Crippen MR) is 71.0 cm³/mol. The topological polar surface area (TPSA) is 85.9 Å². The highest BCUT2D eigenvalue weighted by atomic mass is 32.2. The van der Waals surface area contributed by atoms with Crippen LogP contribution in [0.3, 0.4) is 0 Å². The number of aryl methyl sites for hydroxylation is 2. The minimum atomic E-state index is -3.47. The summed E-state index contributed by atoms with van der Waals surface area (Å²) < 4.78 is 28.3. The highest BCUT2D eigenvalue weighted by molar-refractivity contribution is 7.86. The molecule has 0 N–H and O–H groups in total. The van der Waals surface area contributed by atoms with Gasteiger partial charge in [-0.05, 0) is 12.0 Å². The summed E-state index contributed by atoms with van der Waals surface area (Å²) in [5.74, 6) is -0.120. The van der Waals surface area contributed by atoms with Crippen molar-refractivity contribution < 1.29 is 17.3 Å². The Balaban J connectivity index is 2.08. The van der Waals surface area contributed by atoms with Crippen molar-refractivity contribution in [2.75, 3.05) is 12.9 Å². The Kier molecular flexibility index (Phi) is 4.35. The van der Waals surface area contributed by atoms with Crippen LogP contribution in [0.25, 0.3) is 11.3 Å². The number of aromatic nitrogens is 4. The van der Waals surface area contributed by atoms with Crippen molar-refractivity contribution in [1.82, 2.24) is 15.1 Å². The molecule has 0 aliphatic heterocycles. The monoisotopic (exact) mass is 295 g/mol. The van der Waals surface area contributed by atoms with E-state index in [1.165, 1.54) is 4.68 Å². The summed E-state index contributed by atoms with van der Waals surface area (Å²) in [6.45, 7) is 2.10. The molecule has 20 heavy (non-hydrogen) atoms. The van der Waals surface area contributed by atoms with Gasteiger partial charge in [0.05, 0.1) is 24.7 Å². The molecule has 0 spiro atoms. The van der Waals surface area contributed by atoms with Gasteiger partial charge in [-0.3, -0.25) is 14.2 Å². The molecule has 2 aromatic heterocycles. The molecule has 0 aliphatic rings. The maximum atomic E-state index is 11.2. The zero-order valence-corrected chi connectivity index (χ0v) is 12.0. The summed E-state index contributed by atoms with van der Waals surface area (Å²) in [5.41, 5.74) is 2.39. The van der Waals surface area contributed by atoms with E-state index in [2.05, 4.69) is 19.2 Å². The number of rotatable bonds is 5. The number of hydrogen-bond acceptors (Lipinski definition) is 6. The minimum Gasteiger partial charge on any atom is -0.273 e. The average Bonchev–Trinajstić information content (AvgIpc) is 2.47. The van der Waals surface area contributed by atoms with E-state index in [1.54, 1.807) is 24.8 Å². The molecule has 2 heterocycles. The van der Waals surface area contributed by atoms with Gasteiger partial charge in [-0.15, -0.1) is 0 Å². The van der Waals surface area contributed by atoms with Gasteiger partial charge in [0.15, 0.2) is 12.7 Å². The Bertz CT molecular complexity index is 669. The Morgan fingerprint density at radius 2 is 2.05 bits per heavy atom. The SMILES string of the molecule is COS(=O)(=O)CC[n+]1ccc(-c2cnc(C)cn2)cn1. The van der Waals surface area contributed by atoms with E-state index in [9.17, 15) is 8.42 Å². The van der Waals surface area contributed by atoms with Gasteiger partial charge in [-0.25, -0.2) is 0 Å². The van der Waals surface area contributed by atoms with Crippen LogP contribution in [0.4, 0.5) is 0 Å². The summed E-state index contributed by atoms with van der Waals surface area (Å²) in [6.07, 6.45) is 6.68. The summed E-state index contributed by atoms with van der Waals surface area (Å²) in [5, 5.41) is 4.14. The second-order valence-corrected chi connectivity index (χ2v) is 6.01. The normalized spacial score (nSPS) is 11.5. The van der Waals surface area contributed by atoms with E-state index in [0.717, 1.165) is 24.1 Å². The van der Waals surface area contributed by atoms with Crippen LogP contribution in [-0.4, -0.2) is 36.3 Å². The second-order valence-electron chi connectivity index (χ2n) is 4.15. The third kappa shape index (κ3) is 3.78. The lowest BCUT2D eigenvalue weighted by Crippen LogP contribution is -2.40. The van der Waals surface area contributed by atoms with Crippen molar-refractivity contribution in [3.8, 4) is 11.3 Å². The fraction of sp³-hybridized carbons (Fsp3) is 0.333. The van der Waals surface area contributed by atoms with Crippen LogP contribution in [0.5, 0.6) is 0 Å². The lowest BCUT2D eigenvalue weighted by Gasteiger charge is -2.00. The smallest absolute Gasteiger partial charge is 0.273 e. The molecule has 0 aromatic carbocycles. The van der Waals surface area contributed by atoms with Gasteiger partial charge in [-0.1, -0.05) is 4.68 Å². The molecule has 8 heteroatoms. The third-order valence-corrected chi connectivity index (χ3v) is 3.86. The lowest BCUT2D eigenvalue weighted by atomic mass is 10.2. The molecule has 0 unspecified atom stereocenters. The van der Waals surface area contributed by atoms with Crippen molar-refractivity contribution in [2.45, 2.75) is 13.5 Å². The number of hydrogen-bond donors (Lipinski definition) is 0. The van der Waals surface area contributed by atoms with Gasteiger partial charge in [0.2, 0.25) is 0 Å². The summed E-state index contributed by atoms with van der Waals surface area (Å²) in [4.78, 5) is 8.41. The molecule has 106 valence electrons. The number of nitrogens with zero attached hydrogens (tertiary/aromatic N) is 4. The van der Waals surface area contributed by atoms with Crippen molar-refractivity contribution in [1.29, 1.82) is 0 Å². The Morgan fingerprint density at radius 1 is 1.25 bits per heavy atom. The standard InChI is InChI=1S/C12H15N4O3S/c1-10-7-14-12(9-13-10)11-3-4-16(15-8-11)5-6-20(17,18)19-2/h3-4,7-9H,5-6H2,1-2H3/q+1. The van der Waals surface area contributed by atoms with E-state index in [4.69, 9.17) is 0 Å². The predicted octanol–water partition coefficient (Wildman–Crippen LogP) is 0.111. The van der Waals surface area contributed by atoms with Gasteiger partial charge >= 0.3 is 0 Å². The van der Waals surface area contributed by atoms with Gasteiger partial charge in [0.25, 0.3) is 10.1 Å². The van der Waals surface area contributed by atoms with E-state index in [0.29, 0.717) is 0 Å². The van der Waals surface area contributed by atoms with Crippen molar-refractivity contribution in [3.05, 3.63) is 36.5 Å². The molecule has 0 amide bonds. The maximum Gasteiger partial charge on any atom is 0.273 e. The molecule has 7 nitrogen and oxygen atoms in total. The first-order valence-corrected chi connectivity index (χ1v) is 7.51. The third-order valence-electron chi connectivity index (χ3n) is 2.67. The average molecular weight is 295 g/mol. The summed E-state index contributed by atoms with van der Waals surface area (Å²) >= 11 is 0. The van der Waals surface area contributed by atoms with Crippen LogP contribution in [0.1, 0.15) is 5.69 Å². The lowest BCUT2D eigenvalue weighted by molar-refractivity contribution is -0.750. The van der Waals surface area contributed by atoms with Crippen LogP contribution < -0.4 is 4.68 Å². The van der Waals surface area contributed by atoms with E-state index >= 15 is 0 Å². The second kappa shape index (κ2) is 6.02. The molecular formula is C12H15N4O3S+. The highest BCUT2D eigenvalue weighted by Crippen LogP contribution is 2.12. The molecule has 0 bridgehead atoms. The van der Waals surface area contributed by atoms with Crippen molar-refractivity contribution in [3.63, 3.8) is 0 Å². The molecule has 0 saturated heterocycles. The van der Waals surface area contributed by atoms with Gasteiger partial charge in [-0.2, -0.15) is 8.42 Å². The van der Waals surface area contributed by atoms with E-state index in [1.807, 2.05) is 13.0 Å². The van der Waals surface area contributed by atoms with E-state index < -0.39 is 10.1 Å². The fourth-order valence-electron chi connectivity index (χ4n) is 1.50. The summed E-state index contributed by atoms with van der Waals surface area (Å²) in [6, 6.07) is 1.81. The first-order chi connectivity index (χ1) is 9.50. The van der Waals surface area contributed by atoms with Crippen LogP contribution in [0.15, 0.2) is 30.9 Å². The van der Waals surface area contributed by atoms with Gasteiger partial charge < -0.3 is 0 Å². The Hall–Kier alpha value is -1.93. The molecule has 0 fully saturated rings. The fourth-order valence-corrected chi connectivity index (χ4v) is 2.08. The molecule has 0 saturated carbocycles. The van der Waals surface area contributed by atoms with Crippen LogP contribution in [0.2, 0.25) is 0 Å². The molecule has 0 radical (unpaired) electrons. The highest BCUT2D eigenvalue weighted by Gasteiger charge is 2.14.